The van der Waals surface area contributed by atoms with Crippen LogP contribution >= 0.6 is 11.8 Å². The number of hydrogen-bond donors (Lipinski definition) is 0. The van der Waals surface area contributed by atoms with Crippen molar-refractivity contribution < 1.29 is 17.5 Å². The van der Waals surface area contributed by atoms with Gasteiger partial charge in [0.1, 0.15) is 21.6 Å². The van der Waals surface area contributed by atoms with Gasteiger partial charge < -0.3 is 14.5 Å². The van der Waals surface area contributed by atoms with E-state index in [0.29, 0.717) is 11.5 Å². The molecule has 0 saturated carbocycles. The molecule has 1 aromatic carbocycles. The standard InChI is InChI=1S/C22H28FN3O3S2/c1-24(2)31(27,28)21-9-8-19-22(30-21)18(17-7-6-16(23)15-20(17)29-19)5-4-10-26-13-11-25(3)12-14-26/h6-9,15H,4-5,10-14H2,1-3H3. The normalized spacial score (nSPS) is 20.2. The number of rotatable bonds is 6. The maximum Gasteiger partial charge on any atom is 0.248 e. The van der Waals surface area contributed by atoms with Gasteiger partial charge in [0, 0.05) is 51.9 Å². The molecule has 1 fully saturated rings. The lowest BCUT2D eigenvalue weighted by atomic mass is 9.96. The first-order valence-electron chi connectivity index (χ1n) is 10.4. The van der Waals surface area contributed by atoms with E-state index < -0.39 is 10.0 Å². The van der Waals surface area contributed by atoms with E-state index in [-0.39, 0.29) is 10.1 Å². The zero-order valence-corrected chi connectivity index (χ0v) is 19.7. The fraction of sp³-hybridized carbons (Fsp3) is 0.455. The van der Waals surface area contributed by atoms with Crippen molar-refractivity contribution in [1.29, 1.82) is 0 Å². The third-order valence-electron chi connectivity index (χ3n) is 5.79. The predicted octanol–water partition coefficient (Wildman–Crippen LogP) is 3.32. The van der Waals surface area contributed by atoms with Gasteiger partial charge in [-0.3, -0.25) is 0 Å². The number of allylic oxidation sites excluding steroid dienone is 3. The number of sulfonamides is 1. The van der Waals surface area contributed by atoms with Crippen LogP contribution < -0.4 is 4.74 Å². The Morgan fingerprint density at radius 1 is 1.16 bits per heavy atom. The van der Waals surface area contributed by atoms with Crippen molar-refractivity contribution in [2.24, 2.45) is 0 Å². The van der Waals surface area contributed by atoms with Crippen molar-refractivity contribution in [3.8, 4) is 5.75 Å². The molecule has 31 heavy (non-hydrogen) atoms. The number of likely N-dealkylation sites (N-methyl/N-ethyl adjacent to an activating group) is 1. The van der Waals surface area contributed by atoms with E-state index in [1.165, 1.54) is 42.3 Å². The molecule has 6 nitrogen and oxygen atoms in total. The molecule has 1 saturated heterocycles. The van der Waals surface area contributed by atoms with E-state index >= 15 is 0 Å². The fourth-order valence-corrected chi connectivity index (χ4v) is 6.48. The number of halogens is 1. The van der Waals surface area contributed by atoms with Gasteiger partial charge in [0.2, 0.25) is 10.0 Å². The van der Waals surface area contributed by atoms with Crippen molar-refractivity contribution in [2.45, 2.75) is 12.8 Å². The molecular formula is C22H28FN3O3S2. The summed E-state index contributed by atoms with van der Waals surface area (Å²) in [7, 11) is 1.64. The van der Waals surface area contributed by atoms with Crippen LogP contribution in [-0.4, -0.2) is 76.4 Å². The molecule has 168 valence electrons. The maximum atomic E-state index is 13.9. The number of nitrogens with zero attached hydrogens (tertiary/aromatic N) is 3. The summed E-state index contributed by atoms with van der Waals surface area (Å²) < 4.78 is 46.7. The molecule has 0 atom stereocenters. The average Bonchev–Trinajstić information content (AvgIpc) is 2.74. The third kappa shape index (κ3) is 4.75. The van der Waals surface area contributed by atoms with Gasteiger partial charge in [-0.1, -0.05) is 11.8 Å². The molecule has 0 aliphatic carbocycles. The Morgan fingerprint density at radius 3 is 2.61 bits per heavy atom. The molecule has 0 amide bonds. The minimum absolute atomic E-state index is 0.266. The van der Waals surface area contributed by atoms with Gasteiger partial charge in [-0.25, -0.2) is 17.1 Å². The smallest absolute Gasteiger partial charge is 0.248 e. The molecule has 3 heterocycles. The first-order valence-corrected chi connectivity index (χ1v) is 12.7. The Labute approximate surface area is 188 Å². The van der Waals surface area contributed by atoms with Gasteiger partial charge in [0.05, 0.1) is 4.91 Å². The SMILES string of the molecule is CN1CCN(CCCC2=C3SC(S(=O)(=O)N(C)C)=CC=C3Oc3cc(F)ccc32)CC1. The maximum absolute atomic E-state index is 13.9. The Kier molecular flexibility index (Phi) is 6.60. The molecular weight excluding hydrogens is 437 g/mol. The van der Waals surface area contributed by atoms with Crippen molar-refractivity contribution >= 4 is 27.4 Å². The van der Waals surface area contributed by atoms with E-state index in [9.17, 15) is 12.8 Å². The highest BCUT2D eigenvalue weighted by Gasteiger charge is 2.32. The number of thioether (sulfide) groups is 1. The molecule has 3 aliphatic heterocycles. The molecule has 0 N–H and O–H groups in total. The van der Waals surface area contributed by atoms with Crippen LogP contribution in [0, 0.1) is 5.82 Å². The minimum atomic E-state index is -3.55. The average molecular weight is 466 g/mol. The predicted molar refractivity (Wildman–Crippen MR) is 123 cm³/mol. The number of ether oxygens (including phenoxy) is 1. The van der Waals surface area contributed by atoms with E-state index in [4.69, 9.17) is 4.74 Å². The first kappa shape index (κ1) is 22.5. The molecule has 0 radical (unpaired) electrons. The Balaban J connectivity index is 1.61. The van der Waals surface area contributed by atoms with Gasteiger partial charge >= 0.3 is 0 Å². The molecule has 0 spiro atoms. The summed E-state index contributed by atoms with van der Waals surface area (Å²) in [5.41, 5.74) is 1.86. The van der Waals surface area contributed by atoms with Crippen LogP contribution in [0.2, 0.25) is 0 Å². The van der Waals surface area contributed by atoms with Gasteiger partial charge in [-0.05, 0) is 56.3 Å². The summed E-state index contributed by atoms with van der Waals surface area (Å²) in [5.74, 6) is 0.711. The molecule has 3 aliphatic rings. The lowest BCUT2D eigenvalue weighted by Crippen LogP contribution is -2.44. The quantitative estimate of drug-likeness (QED) is 0.643. The van der Waals surface area contributed by atoms with Gasteiger partial charge in [0.15, 0.2) is 0 Å². The van der Waals surface area contributed by atoms with Gasteiger partial charge in [-0.15, -0.1) is 0 Å². The van der Waals surface area contributed by atoms with Crippen LogP contribution in [-0.2, 0) is 10.0 Å². The van der Waals surface area contributed by atoms with E-state index in [2.05, 4.69) is 16.8 Å². The highest BCUT2D eigenvalue weighted by Crippen LogP contribution is 2.49. The molecule has 4 rings (SSSR count). The van der Waals surface area contributed by atoms with E-state index in [1.807, 2.05) is 0 Å². The molecule has 0 unspecified atom stereocenters. The third-order valence-corrected chi connectivity index (χ3v) is 9.27. The van der Waals surface area contributed by atoms with Crippen molar-refractivity contribution in [3.63, 3.8) is 0 Å². The monoisotopic (exact) mass is 465 g/mol. The van der Waals surface area contributed by atoms with E-state index in [1.54, 1.807) is 18.2 Å². The Morgan fingerprint density at radius 2 is 1.90 bits per heavy atom. The summed E-state index contributed by atoms with van der Waals surface area (Å²) in [5, 5.41) is 0. The molecule has 1 aromatic rings. The lowest BCUT2D eigenvalue weighted by Gasteiger charge is -2.33. The highest BCUT2D eigenvalue weighted by atomic mass is 32.3. The van der Waals surface area contributed by atoms with Crippen LogP contribution in [0.4, 0.5) is 4.39 Å². The topological polar surface area (TPSA) is 53.1 Å². The second kappa shape index (κ2) is 9.07. The molecule has 0 bridgehead atoms. The van der Waals surface area contributed by atoms with Crippen molar-refractivity contribution in [2.75, 3.05) is 53.9 Å². The van der Waals surface area contributed by atoms with Gasteiger partial charge in [0.25, 0.3) is 0 Å². The second-order valence-electron chi connectivity index (χ2n) is 8.20. The molecule has 9 heteroatoms. The summed E-state index contributed by atoms with van der Waals surface area (Å²) in [4.78, 5) is 5.60. The molecule has 0 aromatic heterocycles. The summed E-state index contributed by atoms with van der Waals surface area (Å²) in [6.45, 7) is 5.24. The Bertz CT molecular complexity index is 1060. The largest absolute Gasteiger partial charge is 0.455 e. The van der Waals surface area contributed by atoms with Crippen LogP contribution in [0.3, 0.4) is 0 Å². The highest BCUT2D eigenvalue weighted by molar-refractivity contribution is 8.20. The summed E-state index contributed by atoms with van der Waals surface area (Å²) in [6, 6.07) is 4.56. The van der Waals surface area contributed by atoms with Crippen molar-refractivity contribution in [1.82, 2.24) is 14.1 Å². The number of piperazine rings is 1. The zero-order chi connectivity index (χ0) is 22.2. The fourth-order valence-electron chi connectivity index (χ4n) is 3.88. The van der Waals surface area contributed by atoms with Crippen molar-refractivity contribution in [3.05, 3.63) is 56.6 Å². The number of fused-ring (bicyclic) bond motifs is 2. The zero-order valence-electron chi connectivity index (χ0n) is 18.1. The van der Waals surface area contributed by atoms with Crippen LogP contribution in [0.25, 0.3) is 5.57 Å². The summed E-state index contributed by atoms with van der Waals surface area (Å²) in [6.07, 6.45) is 4.94. The first-order chi connectivity index (χ1) is 14.8. The number of hydrogen-bond acceptors (Lipinski definition) is 6. The number of benzene rings is 1. The van der Waals surface area contributed by atoms with E-state index in [0.717, 1.165) is 61.6 Å². The van der Waals surface area contributed by atoms with Crippen LogP contribution in [0.15, 0.2) is 45.3 Å². The summed E-state index contributed by atoms with van der Waals surface area (Å²) >= 11 is 1.22. The minimum Gasteiger partial charge on any atom is -0.455 e. The Hall–Kier alpha value is -1.65. The van der Waals surface area contributed by atoms with Gasteiger partial charge in [-0.2, -0.15) is 0 Å². The lowest BCUT2D eigenvalue weighted by molar-refractivity contribution is 0.153. The van der Waals surface area contributed by atoms with Crippen LogP contribution in [0.1, 0.15) is 18.4 Å². The van der Waals surface area contributed by atoms with Crippen LogP contribution in [0.5, 0.6) is 5.75 Å². The second-order valence-corrected chi connectivity index (χ2v) is 11.6.